The first-order chi connectivity index (χ1) is 18.1. The van der Waals surface area contributed by atoms with Gasteiger partial charge in [-0.1, -0.05) is 32.1 Å². The summed E-state index contributed by atoms with van der Waals surface area (Å²) in [7, 11) is 0. The third kappa shape index (κ3) is 4.33. The van der Waals surface area contributed by atoms with Gasteiger partial charge in [0.15, 0.2) is 0 Å². The summed E-state index contributed by atoms with van der Waals surface area (Å²) in [5.41, 5.74) is 9.14. The molecular weight excluding hydrogens is 465 g/mol. The van der Waals surface area contributed by atoms with Gasteiger partial charge in [-0.25, -0.2) is 14.4 Å². The second-order valence-electron chi connectivity index (χ2n) is 8.92. The van der Waals surface area contributed by atoms with Gasteiger partial charge in [-0.15, -0.1) is 0 Å². The fourth-order valence-electron chi connectivity index (χ4n) is 4.50. The maximum Gasteiger partial charge on any atom is 0.138 e. The fraction of sp³-hybridized carbons (Fsp3) is 0.103. The molecule has 0 bridgehead atoms. The number of fused-ring (bicyclic) bond motifs is 2. The Hall–Kier alpha value is -4.85. The maximum atomic E-state index is 13.5. The van der Waals surface area contributed by atoms with Gasteiger partial charge in [0.25, 0.3) is 0 Å². The first kappa shape index (κ1) is 22.6. The minimum atomic E-state index is -0.268. The number of H-pyrrole nitrogens is 2. The molecule has 6 aromatic rings. The van der Waals surface area contributed by atoms with Crippen LogP contribution in [0.25, 0.3) is 55.8 Å². The molecule has 3 N–H and O–H groups in total. The van der Waals surface area contributed by atoms with Crippen LogP contribution in [0.1, 0.15) is 19.8 Å². The van der Waals surface area contributed by atoms with E-state index < -0.39 is 0 Å². The Morgan fingerprint density at radius 1 is 1.03 bits per heavy atom. The topological polar surface area (TPSA) is 95.2 Å². The molecule has 0 aliphatic rings. The molecule has 1 aromatic carbocycles. The zero-order chi connectivity index (χ0) is 25.4. The Labute approximate surface area is 212 Å². The van der Waals surface area contributed by atoms with Gasteiger partial charge in [0, 0.05) is 29.0 Å². The Balaban J connectivity index is 1.40. The summed E-state index contributed by atoms with van der Waals surface area (Å²) in [6.45, 7) is 6.20. The van der Waals surface area contributed by atoms with Gasteiger partial charge in [-0.3, -0.25) is 10.1 Å². The van der Waals surface area contributed by atoms with Crippen molar-refractivity contribution in [2.24, 2.45) is 0 Å². The summed E-state index contributed by atoms with van der Waals surface area (Å²) in [6, 6.07) is 16.3. The molecule has 0 amide bonds. The van der Waals surface area contributed by atoms with E-state index in [9.17, 15) is 4.39 Å². The second kappa shape index (κ2) is 9.31. The van der Waals surface area contributed by atoms with E-state index in [0.29, 0.717) is 5.69 Å². The first-order valence-electron chi connectivity index (χ1n) is 12.1. The van der Waals surface area contributed by atoms with E-state index in [4.69, 9.17) is 4.98 Å². The summed E-state index contributed by atoms with van der Waals surface area (Å²) in [5.74, 6) is -0.268. The van der Waals surface area contributed by atoms with E-state index in [2.05, 4.69) is 44.0 Å². The molecule has 7 nitrogen and oxygen atoms in total. The van der Waals surface area contributed by atoms with E-state index in [1.807, 2.05) is 30.3 Å². The number of rotatable bonds is 7. The standard InChI is InChI=1S/C29H24FN7/c1-3-4-17(2)33-21-13-19(15-31-16-21)24-9-10-25-27(34-24)28(37-36-25)26-14-23-22(11-12-32-29(23)35-26)18-5-7-20(30)8-6-18/h5-16,33H,2-4H2,1H3,(H,32,35)(H,36,37). The Bertz CT molecular complexity index is 1750. The summed E-state index contributed by atoms with van der Waals surface area (Å²) < 4.78 is 13.5. The van der Waals surface area contributed by atoms with Gasteiger partial charge in [0.2, 0.25) is 0 Å². The van der Waals surface area contributed by atoms with Crippen LogP contribution in [0.15, 0.2) is 85.5 Å². The van der Waals surface area contributed by atoms with Crippen molar-refractivity contribution in [1.82, 2.24) is 30.1 Å². The maximum absolute atomic E-state index is 13.5. The van der Waals surface area contributed by atoms with Gasteiger partial charge in [-0.05, 0) is 60.0 Å². The van der Waals surface area contributed by atoms with Crippen LogP contribution in [0.5, 0.6) is 0 Å². The second-order valence-corrected chi connectivity index (χ2v) is 8.92. The van der Waals surface area contributed by atoms with E-state index in [1.54, 1.807) is 30.7 Å². The number of nitrogens with one attached hydrogen (secondary N) is 3. The number of pyridine rings is 3. The van der Waals surface area contributed by atoms with Gasteiger partial charge in [0.1, 0.15) is 22.7 Å². The number of nitrogens with zero attached hydrogens (tertiary/aromatic N) is 4. The molecule has 0 unspecified atom stereocenters. The van der Waals surface area contributed by atoms with E-state index in [1.165, 1.54) is 12.1 Å². The number of benzene rings is 1. The van der Waals surface area contributed by atoms with Crippen LogP contribution in [0.3, 0.4) is 0 Å². The summed E-state index contributed by atoms with van der Waals surface area (Å²) >= 11 is 0. The van der Waals surface area contributed by atoms with Crippen LogP contribution < -0.4 is 5.32 Å². The van der Waals surface area contributed by atoms with Gasteiger partial charge in [0.05, 0.1) is 28.8 Å². The smallest absolute Gasteiger partial charge is 0.138 e. The minimum absolute atomic E-state index is 0.268. The number of hydrogen-bond acceptors (Lipinski definition) is 5. The van der Waals surface area contributed by atoms with Crippen molar-refractivity contribution in [2.45, 2.75) is 19.8 Å². The van der Waals surface area contributed by atoms with Crippen LogP contribution in [-0.4, -0.2) is 30.1 Å². The van der Waals surface area contributed by atoms with Crippen molar-refractivity contribution in [1.29, 1.82) is 0 Å². The molecule has 182 valence electrons. The molecule has 0 aliphatic carbocycles. The summed E-state index contributed by atoms with van der Waals surface area (Å²) in [6.07, 6.45) is 7.24. The van der Waals surface area contributed by atoms with Crippen molar-refractivity contribution in [3.63, 3.8) is 0 Å². The molecule has 37 heavy (non-hydrogen) atoms. The van der Waals surface area contributed by atoms with Gasteiger partial charge >= 0.3 is 0 Å². The largest absolute Gasteiger partial charge is 0.358 e. The Morgan fingerprint density at radius 3 is 2.73 bits per heavy atom. The Kier molecular flexibility index (Phi) is 5.69. The highest BCUT2D eigenvalue weighted by Crippen LogP contribution is 2.33. The minimum Gasteiger partial charge on any atom is -0.358 e. The molecule has 0 fully saturated rings. The predicted octanol–water partition coefficient (Wildman–Crippen LogP) is 7.10. The Morgan fingerprint density at radius 2 is 1.89 bits per heavy atom. The monoisotopic (exact) mass is 489 g/mol. The summed E-state index contributed by atoms with van der Waals surface area (Å²) in [5, 5.41) is 11.9. The fourth-order valence-corrected chi connectivity index (χ4v) is 4.50. The molecule has 5 aromatic heterocycles. The van der Waals surface area contributed by atoms with Crippen molar-refractivity contribution < 1.29 is 4.39 Å². The molecular formula is C29H24FN7. The number of anilines is 1. The van der Waals surface area contributed by atoms with Crippen LogP contribution in [0.4, 0.5) is 10.1 Å². The predicted molar refractivity (Wildman–Crippen MR) is 145 cm³/mol. The highest BCUT2D eigenvalue weighted by Gasteiger charge is 2.16. The van der Waals surface area contributed by atoms with Crippen molar-refractivity contribution in [3.05, 3.63) is 91.3 Å². The lowest BCUT2D eigenvalue weighted by Crippen LogP contribution is -1.98. The normalized spacial score (nSPS) is 11.3. The molecule has 0 aliphatic heterocycles. The van der Waals surface area contributed by atoms with Crippen LogP contribution >= 0.6 is 0 Å². The lowest BCUT2D eigenvalue weighted by atomic mass is 10.0. The SMILES string of the molecule is C=C(CCC)Nc1cncc(-c2ccc3[nH]nc(-c4cc5c(-c6ccc(F)cc6)ccnc5[nH]4)c3n2)c1. The highest BCUT2D eigenvalue weighted by atomic mass is 19.1. The molecule has 8 heteroatoms. The first-order valence-corrected chi connectivity index (χ1v) is 12.1. The van der Waals surface area contributed by atoms with Crippen molar-refractivity contribution >= 4 is 27.8 Å². The molecule has 6 rings (SSSR count). The van der Waals surface area contributed by atoms with Gasteiger partial charge < -0.3 is 10.3 Å². The lowest BCUT2D eigenvalue weighted by molar-refractivity contribution is 0.628. The number of aromatic nitrogens is 6. The molecule has 0 atom stereocenters. The van der Waals surface area contributed by atoms with E-state index in [0.717, 1.165) is 74.4 Å². The lowest BCUT2D eigenvalue weighted by Gasteiger charge is -2.09. The van der Waals surface area contributed by atoms with Gasteiger partial charge in [-0.2, -0.15) is 5.10 Å². The van der Waals surface area contributed by atoms with Crippen LogP contribution in [-0.2, 0) is 0 Å². The quantitative estimate of drug-likeness (QED) is 0.222. The van der Waals surface area contributed by atoms with E-state index in [-0.39, 0.29) is 5.82 Å². The number of aromatic amines is 2. The van der Waals surface area contributed by atoms with Crippen molar-refractivity contribution in [2.75, 3.05) is 5.32 Å². The number of allylic oxidation sites excluding steroid dienone is 1. The number of halogens is 1. The third-order valence-electron chi connectivity index (χ3n) is 6.26. The number of hydrogen-bond donors (Lipinski definition) is 3. The summed E-state index contributed by atoms with van der Waals surface area (Å²) in [4.78, 5) is 17.2. The zero-order valence-corrected chi connectivity index (χ0v) is 20.2. The van der Waals surface area contributed by atoms with Crippen LogP contribution in [0.2, 0.25) is 0 Å². The van der Waals surface area contributed by atoms with Crippen LogP contribution in [0, 0.1) is 5.82 Å². The molecule has 0 spiro atoms. The van der Waals surface area contributed by atoms with Crippen molar-refractivity contribution in [3.8, 4) is 33.8 Å². The highest BCUT2D eigenvalue weighted by molar-refractivity contribution is 5.99. The molecule has 0 saturated heterocycles. The zero-order valence-electron chi connectivity index (χ0n) is 20.2. The average molecular weight is 490 g/mol. The molecule has 0 radical (unpaired) electrons. The van der Waals surface area contributed by atoms with E-state index >= 15 is 0 Å². The third-order valence-corrected chi connectivity index (χ3v) is 6.26. The molecule has 0 saturated carbocycles. The average Bonchev–Trinajstić information content (AvgIpc) is 3.53. The molecule has 5 heterocycles.